The molecule has 0 atom stereocenters. The average Bonchev–Trinajstić information content (AvgIpc) is 2.37. The van der Waals surface area contributed by atoms with Crippen molar-refractivity contribution in [1.29, 1.82) is 0 Å². The van der Waals surface area contributed by atoms with E-state index in [1.807, 2.05) is 0 Å². The number of rotatable bonds is 2. The molecular formula is C7H11NO3. The van der Waals surface area contributed by atoms with Gasteiger partial charge in [0.05, 0.1) is 6.20 Å². The van der Waals surface area contributed by atoms with Gasteiger partial charge < -0.3 is 14.6 Å². The van der Waals surface area contributed by atoms with Crippen molar-refractivity contribution in [2.24, 2.45) is 5.92 Å². The zero-order valence-corrected chi connectivity index (χ0v) is 6.48. The lowest BCUT2D eigenvalue weighted by Crippen LogP contribution is -2.31. The molecule has 0 aliphatic carbocycles. The van der Waals surface area contributed by atoms with Gasteiger partial charge in [0.1, 0.15) is 6.26 Å². The summed E-state index contributed by atoms with van der Waals surface area (Å²) in [6, 6.07) is 0. The third-order valence-electron chi connectivity index (χ3n) is 1.55. The normalized spacial score (nSPS) is 12.5. The molecule has 1 heterocycles. The molecule has 1 aromatic heterocycles. The SMILES string of the molecule is CC(C)C(O)(O)c1ncco1. The van der Waals surface area contributed by atoms with Crippen LogP contribution in [0.15, 0.2) is 16.9 Å². The van der Waals surface area contributed by atoms with E-state index in [9.17, 15) is 10.2 Å². The maximum absolute atomic E-state index is 9.35. The van der Waals surface area contributed by atoms with Crippen LogP contribution in [0.3, 0.4) is 0 Å². The topological polar surface area (TPSA) is 66.5 Å². The van der Waals surface area contributed by atoms with Gasteiger partial charge in [0.25, 0.3) is 5.89 Å². The summed E-state index contributed by atoms with van der Waals surface area (Å²) in [5, 5.41) is 18.7. The molecule has 0 fully saturated rings. The first-order valence-corrected chi connectivity index (χ1v) is 3.40. The number of aliphatic hydroxyl groups is 2. The summed E-state index contributed by atoms with van der Waals surface area (Å²) in [5.74, 6) is -2.36. The highest BCUT2D eigenvalue weighted by molar-refractivity contribution is 4.91. The largest absolute Gasteiger partial charge is 0.444 e. The van der Waals surface area contributed by atoms with E-state index in [4.69, 9.17) is 4.42 Å². The highest BCUT2D eigenvalue weighted by atomic mass is 16.5. The van der Waals surface area contributed by atoms with E-state index in [0.29, 0.717) is 0 Å². The molecule has 4 heteroatoms. The molecule has 0 aliphatic rings. The molecule has 0 bridgehead atoms. The van der Waals surface area contributed by atoms with Crippen molar-refractivity contribution in [3.63, 3.8) is 0 Å². The van der Waals surface area contributed by atoms with Crippen LogP contribution in [0.4, 0.5) is 0 Å². The predicted octanol–water partition coefficient (Wildman–Crippen LogP) is 0.468. The Balaban J connectivity index is 2.90. The summed E-state index contributed by atoms with van der Waals surface area (Å²) in [6.07, 6.45) is 2.68. The second-order valence-corrected chi connectivity index (χ2v) is 2.72. The molecule has 0 aliphatic heterocycles. The fourth-order valence-electron chi connectivity index (χ4n) is 0.652. The maximum Gasteiger partial charge on any atom is 0.255 e. The van der Waals surface area contributed by atoms with Crippen molar-refractivity contribution in [3.8, 4) is 0 Å². The number of nitrogens with zero attached hydrogens (tertiary/aromatic N) is 1. The molecule has 0 radical (unpaired) electrons. The van der Waals surface area contributed by atoms with E-state index in [2.05, 4.69) is 4.98 Å². The lowest BCUT2D eigenvalue weighted by Gasteiger charge is -2.21. The van der Waals surface area contributed by atoms with Crippen molar-refractivity contribution in [1.82, 2.24) is 4.98 Å². The second-order valence-electron chi connectivity index (χ2n) is 2.72. The van der Waals surface area contributed by atoms with E-state index in [1.165, 1.54) is 12.5 Å². The van der Waals surface area contributed by atoms with Crippen LogP contribution in [0.25, 0.3) is 0 Å². The van der Waals surface area contributed by atoms with Gasteiger partial charge in [0.2, 0.25) is 5.79 Å². The molecule has 0 spiro atoms. The smallest absolute Gasteiger partial charge is 0.255 e. The number of aromatic nitrogens is 1. The van der Waals surface area contributed by atoms with Gasteiger partial charge in [-0.3, -0.25) is 0 Å². The third-order valence-corrected chi connectivity index (χ3v) is 1.55. The van der Waals surface area contributed by atoms with E-state index in [-0.39, 0.29) is 11.8 Å². The van der Waals surface area contributed by atoms with Gasteiger partial charge in [-0.1, -0.05) is 13.8 Å². The van der Waals surface area contributed by atoms with Crippen LogP contribution < -0.4 is 0 Å². The molecule has 2 N–H and O–H groups in total. The monoisotopic (exact) mass is 157 g/mol. The molecule has 0 saturated carbocycles. The zero-order chi connectivity index (χ0) is 8.48. The Morgan fingerprint density at radius 2 is 2.18 bits per heavy atom. The third kappa shape index (κ3) is 1.41. The van der Waals surface area contributed by atoms with Gasteiger partial charge in [-0.25, -0.2) is 4.98 Å². The van der Waals surface area contributed by atoms with Crippen LogP contribution in [0.1, 0.15) is 19.7 Å². The van der Waals surface area contributed by atoms with Crippen LogP contribution >= 0.6 is 0 Å². The summed E-state index contributed by atoms with van der Waals surface area (Å²) >= 11 is 0. The van der Waals surface area contributed by atoms with Gasteiger partial charge in [-0.05, 0) is 0 Å². The molecule has 62 valence electrons. The minimum atomic E-state index is -1.95. The van der Waals surface area contributed by atoms with E-state index in [0.717, 1.165) is 0 Å². The molecule has 0 unspecified atom stereocenters. The van der Waals surface area contributed by atoms with Crippen molar-refractivity contribution < 1.29 is 14.6 Å². The molecule has 0 aromatic carbocycles. The Morgan fingerprint density at radius 1 is 1.55 bits per heavy atom. The van der Waals surface area contributed by atoms with Gasteiger partial charge in [-0.15, -0.1) is 0 Å². The van der Waals surface area contributed by atoms with Crippen molar-refractivity contribution in [2.45, 2.75) is 19.6 Å². The summed E-state index contributed by atoms with van der Waals surface area (Å²) in [5.41, 5.74) is 0. The van der Waals surface area contributed by atoms with Gasteiger partial charge in [0.15, 0.2) is 0 Å². The quantitative estimate of drug-likeness (QED) is 0.612. The van der Waals surface area contributed by atoms with Gasteiger partial charge in [0, 0.05) is 5.92 Å². The van der Waals surface area contributed by atoms with Crippen LogP contribution in [-0.2, 0) is 5.79 Å². The van der Waals surface area contributed by atoms with Crippen molar-refractivity contribution >= 4 is 0 Å². The highest BCUT2D eigenvalue weighted by Gasteiger charge is 2.34. The first-order valence-electron chi connectivity index (χ1n) is 3.40. The fraction of sp³-hybridized carbons (Fsp3) is 0.571. The lowest BCUT2D eigenvalue weighted by atomic mass is 10.0. The highest BCUT2D eigenvalue weighted by Crippen LogP contribution is 2.24. The van der Waals surface area contributed by atoms with Crippen LogP contribution in [0.2, 0.25) is 0 Å². The Bertz CT molecular complexity index is 216. The Hall–Kier alpha value is -0.870. The molecule has 1 aromatic rings. The first kappa shape index (κ1) is 8.23. The van der Waals surface area contributed by atoms with Crippen LogP contribution in [0, 0.1) is 5.92 Å². The summed E-state index contributed by atoms with van der Waals surface area (Å²) < 4.78 is 4.75. The molecule has 0 amide bonds. The van der Waals surface area contributed by atoms with Gasteiger partial charge >= 0.3 is 0 Å². The Labute approximate surface area is 64.5 Å². The molecule has 0 saturated heterocycles. The Kier molecular flexibility index (Phi) is 1.97. The predicted molar refractivity (Wildman–Crippen MR) is 37.5 cm³/mol. The van der Waals surface area contributed by atoms with Crippen molar-refractivity contribution in [2.75, 3.05) is 0 Å². The summed E-state index contributed by atoms with van der Waals surface area (Å²) in [4.78, 5) is 3.64. The number of hydrogen-bond acceptors (Lipinski definition) is 4. The minimum Gasteiger partial charge on any atom is -0.444 e. The van der Waals surface area contributed by atoms with Crippen molar-refractivity contribution in [3.05, 3.63) is 18.4 Å². The second kappa shape index (κ2) is 2.64. The number of hydrogen-bond donors (Lipinski definition) is 2. The first-order chi connectivity index (χ1) is 5.05. The Morgan fingerprint density at radius 3 is 2.55 bits per heavy atom. The molecule has 4 nitrogen and oxygen atoms in total. The molecule has 1 rings (SSSR count). The van der Waals surface area contributed by atoms with Crippen LogP contribution in [0.5, 0.6) is 0 Å². The minimum absolute atomic E-state index is 0.0625. The van der Waals surface area contributed by atoms with E-state index in [1.54, 1.807) is 13.8 Å². The maximum atomic E-state index is 9.35. The number of oxazole rings is 1. The lowest BCUT2D eigenvalue weighted by molar-refractivity contribution is -0.217. The van der Waals surface area contributed by atoms with E-state index >= 15 is 0 Å². The fourth-order valence-corrected chi connectivity index (χ4v) is 0.652. The summed E-state index contributed by atoms with van der Waals surface area (Å²) in [7, 11) is 0. The standard InChI is InChI=1S/C7H11NO3/c1-5(2)7(9,10)6-8-3-4-11-6/h3-5,9-10H,1-2H3. The zero-order valence-electron chi connectivity index (χ0n) is 6.48. The molecule has 11 heavy (non-hydrogen) atoms. The summed E-state index contributed by atoms with van der Waals surface area (Å²) in [6.45, 7) is 3.34. The van der Waals surface area contributed by atoms with E-state index < -0.39 is 5.79 Å². The van der Waals surface area contributed by atoms with Gasteiger partial charge in [-0.2, -0.15) is 0 Å². The average molecular weight is 157 g/mol. The van der Waals surface area contributed by atoms with Crippen LogP contribution in [-0.4, -0.2) is 15.2 Å². The molecular weight excluding hydrogens is 146 g/mol.